The highest BCUT2D eigenvalue weighted by Crippen LogP contribution is 2.24. The number of nitrogens with two attached hydrogens (primary N) is 2. The van der Waals surface area contributed by atoms with Crippen molar-refractivity contribution < 1.29 is 13.2 Å². The van der Waals surface area contributed by atoms with E-state index < -0.39 is 28.4 Å². The van der Waals surface area contributed by atoms with Crippen molar-refractivity contribution in [1.82, 2.24) is 19.5 Å². The van der Waals surface area contributed by atoms with Gasteiger partial charge in [-0.3, -0.25) is 9.36 Å². The second kappa shape index (κ2) is 9.47. The molecule has 2 aromatic heterocycles. The third-order valence-electron chi connectivity index (χ3n) is 5.03. The highest BCUT2D eigenvalue weighted by molar-refractivity contribution is 6.35. The van der Waals surface area contributed by atoms with E-state index >= 15 is 0 Å². The van der Waals surface area contributed by atoms with Crippen LogP contribution >= 0.6 is 11.6 Å². The Balaban J connectivity index is 1.72. The van der Waals surface area contributed by atoms with Gasteiger partial charge in [-0.1, -0.05) is 11.6 Å². The minimum atomic E-state index is -0.922. The maximum absolute atomic E-state index is 14.5. The molecule has 4 aromatic rings. The maximum Gasteiger partial charge on any atom is 0.269 e. The molecule has 0 unspecified atom stereocenters. The topological polar surface area (TPSA) is 149 Å². The first-order chi connectivity index (χ1) is 16.7. The molecule has 2 aromatic carbocycles. The van der Waals surface area contributed by atoms with Crippen LogP contribution in [0.5, 0.6) is 0 Å². The van der Waals surface area contributed by atoms with Crippen molar-refractivity contribution in [3.05, 3.63) is 74.5 Å². The van der Waals surface area contributed by atoms with Gasteiger partial charge in [-0.2, -0.15) is 15.2 Å². The molecular weight excluding hydrogens is 485 g/mol. The van der Waals surface area contributed by atoms with Crippen LogP contribution in [0.1, 0.15) is 17.8 Å². The maximum atomic E-state index is 14.5. The van der Waals surface area contributed by atoms with Crippen LogP contribution in [0.15, 0.2) is 35.1 Å². The van der Waals surface area contributed by atoms with Crippen molar-refractivity contribution in [2.75, 3.05) is 23.3 Å². The van der Waals surface area contributed by atoms with Gasteiger partial charge in [-0.25, -0.2) is 18.2 Å². The molecule has 2 heterocycles. The van der Waals surface area contributed by atoms with E-state index in [0.717, 1.165) is 22.8 Å². The quantitative estimate of drug-likeness (QED) is 0.341. The standard InChI is InChI=1S/C22H16ClF3N8O/c23-14-3-4-15(26)17-18(14)31-16(34(21(17)35)12-7-10(24)6-11(25)8-12)2-1-5-30-20-13(9-27)19(28)32-22(29)33-20/h3-4,6-8H,1-2,5H2,(H5,28,29,30,32,33). The van der Waals surface area contributed by atoms with Gasteiger partial charge >= 0.3 is 0 Å². The highest BCUT2D eigenvalue weighted by Gasteiger charge is 2.19. The summed E-state index contributed by atoms with van der Waals surface area (Å²) in [4.78, 5) is 25.3. The van der Waals surface area contributed by atoms with Crippen LogP contribution in [-0.4, -0.2) is 26.1 Å². The molecule has 0 bridgehead atoms. The lowest BCUT2D eigenvalue weighted by Gasteiger charge is -2.15. The summed E-state index contributed by atoms with van der Waals surface area (Å²) in [6.07, 6.45) is 0.401. The molecule has 35 heavy (non-hydrogen) atoms. The number of aromatic nitrogens is 4. The van der Waals surface area contributed by atoms with Gasteiger partial charge in [-0.05, 0) is 30.7 Å². The summed E-state index contributed by atoms with van der Waals surface area (Å²) >= 11 is 6.15. The van der Waals surface area contributed by atoms with E-state index in [1.807, 2.05) is 6.07 Å². The molecule has 0 fully saturated rings. The van der Waals surface area contributed by atoms with Crippen molar-refractivity contribution in [2.45, 2.75) is 12.8 Å². The molecule has 9 nitrogen and oxygen atoms in total. The lowest BCUT2D eigenvalue weighted by molar-refractivity contribution is 0.580. The van der Waals surface area contributed by atoms with Crippen molar-refractivity contribution >= 4 is 40.1 Å². The number of nitrogens with one attached hydrogen (secondary N) is 1. The molecular formula is C22H16ClF3N8O. The third kappa shape index (κ3) is 4.67. The summed E-state index contributed by atoms with van der Waals surface area (Å²) in [6.45, 7) is 0.215. The monoisotopic (exact) mass is 500 g/mol. The number of aryl methyl sites for hydroxylation is 1. The number of nitriles is 1. The van der Waals surface area contributed by atoms with Crippen LogP contribution < -0.4 is 22.3 Å². The Morgan fingerprint density at radius 1 is 1.09 bits per heavy atom. The number of hydrogen-bond donors (Lipinski definition) is 3. The van der Waals surface area contributed by atoms with Gasteiger partial charge in [0, 0.05) is 19.0 Å². The van der Waals surface area contributed by atoms with E-state index in [1.54, 1.807) is 0 Å². The van der Waals surface area contributed by atoms with Gasteiger partial charge in [0.15, 0.2) is 5.82 Å². The fourth-order valence-corrected chi connectivity index (χ4v) is 3.75. The zero-order valence-corrected chi connectivity index (χ0v) is 18.6. The fraction of sp³-hybridized carbons (Fsp3) is 0.136. The van der Waals surface area contributed by atoms with Gasteiger partial charge in [0.2, 0.25) is 5.95 Å². The molecule has 0 saturated heterocycles. The zero-order valence-electron chi connectivity index (χ0n) is 17.8. The van der Waals surface area contributed by atoms with E-state index in [2.05, 4.69) is 20.3 Å². The van der Waals surface area contributed by atoms with Gasteiger partial charge in [0.25, 0.3) is 5.56 Å². The van der Waals surface area contributed by atoms with E-state index in [9.17, 15) is 23.2 Å². The van der Waals surface area contributed by atoms with Crippen LogP contribution in [0.25, 0.3) is 16.6 Å². The lowest BCUT2D eigenvalue weighted by atomic mass is 10.2. The Morgan fingerprint density at radius 3 is 2.49 bits per heavy atom. The Morgan fingerprint density at radius 2 is 1.80 bits per heavy atom. The Kier molecular flexibility index (Phi) is 6.44. The van der Waals surface area contributed by atoms with E-state index in [1.165, 1.54) is 6.07 Å². The second-order valence-electron chi connectivity index (χ2n) is 7.38. The van der Waals surface area contributed by atoms with Gasteiger partial charge in [0.05, 0.1) is 16.2 Å². The minimum Gasteiger partial charge on any atom is -0.382 e. The summed E-state index contributed by atoms with van der Waals surface area (Å²) in [7, 11) is 0. The van der Waals surface area contributed by atoms with E-state index in [-0.39, 0.29) is 58.2 Å². The molecule has 0 aliphatic rings. The number of anilines is 3. The molecule has 0 aliphatic carbocycles. The van der Waals surface area contributed by atoms with Crippen LogP contribution in [-0.2, 0) is 6.42 Å². The largest absolute Gasteiger partial charge is 0.382 e. The predicted octanol–water partition coefficient (Wildman–Crippen LogP) is 3.33. The minimum absolute atomic E-state index is 0.0115. The summed E-state index contributed by atoms with van der Waals surface area (Å²) < 4.78 is 43.3. The molecule has 0 radical (unpaired) electrons. The van der Waals surface area contributed by atoms with Crippen molar-refractivity contribution in [3.63, 3.8) is 0 Å². The first-order valence-electron chi connectivity index (χ1n) is 10.1. The third-order valence-corrected chi connectivity index (χ3v) is 5.34. The average Bonchev–Trinajstić information content (AvgIpc) is 2.78. The molecule has 13 heteroatoms. The number of nitrogen functional groups attached to an aromatic ring is 2. The SMILES string of the molecule is N#Cc1c(N)nc(N)nc1NCCCc1nc2c(Cl)ccc(F)c2c(=O)n1-c1cc(F)cc(F)c1. The Bertz CT molecular complexity index is 1550. The second-order valence-corrected chi connectivity index (χ2v) is 7.79. The average molecular weight is 501 g/mol. The number of nitrogens with zero attached hydrogens (tertiary/aromatic N) is 5. The van der Waals surface area contributed by atoms with Crippen LogP contribution in [0.3, 0.4) is 0 Å². The number of fused-ring (bicyclic) bond motifs is 1. The van der Waals surface area contributed by atoms with Gasteiger partial charge in [0.1, 0.15) is 46.1 Å². The van der Waals surface area contributed by atoms with Gasteiger partial charge in [-0.15, -0.1) is 0 Å². The first kappa shape index (κ1) is 23.8. The van der Waals surface area contributed by atoms with Crippen LogP contribution in [0, 0.1) is 28.8 Å². The number of halogens is 4. The number of rotatable bonds is 6. The zero-order chi connectivity index (χ0) is 25.3. The van der Waals surface area contributed by atoms with Gasteiger partial charge < -0.3 is 16.8 Å². The first-order valence-corrected chi connectivity index (χ1v) is 10.5. The summed E-state index contributed by atoms with van der Waals surface area (Å²) in [6, 6.07) is 6.68. The Hall–Kier alpha value is -4.37. The Labute approximate surface area is 200 Å². The fourth-order valence-electron chi connectivity index (χ4n) is 3.55. The molecule has 0 spiro atoms. The number of benzene rings is 2. The molecule has 5 N–H and O–H groups in total. The molecule has 4 rings (SSSR count). The molecule has 0 aliphatic heterocycles. The van der Waals surface area contributed by atoms with Crippen molar-refractivity contribution in [2.24, 2.45) is 0 Å². The molecule has 0 amide bonds. The van der Waals surface area contributed by atoms with Crippen LogP contribution in [0.4, 0.5) is 30.8 Å². The van der Waals surface area contributed by atoms with Crippen molar-refractivity contribution in [1.29, 1.82) is 5.26 Å². The predicted molar refractivity (Wildman–Crippen MR) is 125 cm³/mol. The number of hydrogen-bond acceptors (Lipinski definition) is 8. The van der Waals surface area contributed by atoms with E-state index in [4.69, 9.17) is 23.1 Å². The highest BCUT2D eigenvalue weighted by atomic mass is 35.5. The molecule has 178 valence electrons. The van der Waals surface area contributed by atoms with Crippen LogP contribution in [0.2, 0.25) is 5.02 Å². The van der Waals surface area contributed by atoms with Crippen molar-refractivity contribution in [3.8, 4) is 11.8 Å². The summed E-state index contributed by atoms with van der Waals surface area (Å²) in [5.41, 5.74) is 10.2. The summed E-state index contributed by atoms with van der Waals surface area (Å²) in [5.74, 6) is -2.72. The summed E-state index contributed by atoms with van der Waals surface area (Å²) in [5, 5.41) is 11.8. The normalized spacial score (nSPS) is 10.9. The van der Waals surface area contributed by atoms with E-state index in [0.29, 0.717) is 12.5 Å². The molecule has 0 atom stereocenters. The molecule has 0 saturated carbocycles. The lowest BCUT2D eigenvalue weighted by Crippen LogP contribution is -2.25. The smallest absolute Gasteiger partial charge is 0.269 e.